The number of sulfonamides is 1. The molecule has 0 atom stereocenters. The van der Waals surface area contributed by atoms with Gasteiger partial charge in [-0.15, -0.1) is 0 Å². The van der Waals surface area contributed by atoms with E-state index in [0.717, 1.165) is 11.4 Å². The molecule has 0 aliphatic carbocycles. The highest BCUT2D eigenvalue weighted by molar-refractivity contribution is 7.89. The Morgan fingerprint density at radius 2 is 1.57 bits per heavy atom. The smallest absolute Gasteiger partial charge is 0.321 e. The van der Waals surface area contributed by atoms with Gasteiger partial charge in [0.1, 0.15) is 12.3 Å². The van der Waals surface area contributed by atoms with Crippen LogP contribution in [0.15, 0.2) is 29.2 Å². The number of esters is 2. The predicted octanol–water partition coefficient (Wildman–Crippen LogP) is 0.422. The molecule has 0 amide bonds. The Bertz CT molecular complexity index is 640. The lowest BCUT2D eigenvalue weighted by atomic mass is 10.3. The van der Waals surface area contributed by atoms with Gasteiger partial charge in [0.25, 0.3) is 0 Å². The first kappa shape index (κ1) is 18.9. The maximum absolute atomic E-state index is 12.6. The lowest BCUT2D eigenvalue weighted by molar-refractivity contribution is -0.143. The van der Waals surface area contributed by atoms with Gasteiger partial charge in [0.2, 0.25) is 10.0 Å². The van der Waals surface area contributed by atoms with Crippen LogP contribution in [0.4, 0.5) is 0 Å². The molecule has 9 heteroatoms. The average Bonchev–Trinajstić information content (AvgIpc) is 2.57. The van der Waals surface area contributed by atoms with Crippen molar-refractivity contribution in [2.75, 3.05) is 34.4 Å². The fourth-order valence-electron chi connectivity index (χ4n) is 1.71. The van der Waals surface area contributed by atoms with Gasteiger partial charge in [-0.25, -0.2) is 8.42 Å². The molecular formula is C14H19NO7S. The van der Waals surface area contributed by atoms with Crippen molar-refractivity contribution in [1.29, 1.82) is 0 Å². The first-order valence-electron chi connectivity index (χ1n) is 6.63. The first-order chi connectivity index (χ1) is 10.8. The lowest BCUT2D eigenvalue weighted by Crippen LogP contribution is -2.37. The summed E-state index contributed by atoms with van der Waals surface area (Å²) < 4.78 is 40.1. The number of methoxy groups -OCH3 is 3. The quantitative estimate of drug-likeness (QED) is 0.630. The standard InChI is InChI=1S/C14H19NO7S/c1-20-11-4-6-12(7-5-11)23(18,19)15(10-14(17)22-3)9-8-13(16)21-2/h4-7H,8-10H2,1-3H3. The van der Waals surface area contributed by atoms with Crippen molar-refractivity contribution >= 4 is 22.0 Å². The summed E-state index contributed by atoms with van der Waals surface area (Å²) >= 11 is 0. The van der Waals surface area contributed by atoms with Gasteiger partial charge in [0.05, 0.1) is 32.6 Å². The lowest BCUT2D eigenvalue weighted by Gasteiger charge is -2.20. The Morgan fingerprint density at radius 3 is 2.04 bits per heavy atom. The molecule has 1 rings (SSSR count). The molecule has 1 aromatic carbocycles. The Kier molecular flexibility index (Phi) is 6.98. The molecule has 0 radical (unpaired) electrons. The first-order valence-corrected chi connectivity index (χ1v) is 8.07. The Balaban J connectivity index is 3.04. The summed E-state index contributed by atoms with van der Waals surface area (Å²) in [4.78, 5) is 22.7. The fourth-order valence-corrected chi connectivity index (χ4v) is 3.09. The molecule has 0 N–H and O–H groups in total. The molecule has 0 aromatic heterocycles. The average molecular weight is 345 g/mol. The third-order valence-corrected chi connectivity index (χ3v) is 4.88. The Hall–Kier alpha value is -2.13. The molecule has 0 bridgehead atoms. The van der Waals surface area contributed by atoms with E-state index in [2.05, 4.69) is 9.47 Å². The number of carbonyl (C=O) groups is 2. The van der Waals surface area contributed by atoms with Crippen molar-refractivity contribution in [1.82, 2.24) is 4.31 Å². The topological polar surface area (TPSA) is 99.2 Å². The van der Waals surface area contributed by atoms with E-state index in [4.69, 9.17) is 4.74 Å². The third kappa shape index (κ3) is 5.22. The summed E-state index contributed by atoms with van der Waals surface area (Å²) in [5.74, 6) is -0.810. The number of ether oxygens (including phenoxy) is 3. The summed E-state index contributed by atoms with van der Waals surface area (Å²) in [5.41, 5.74) is 0. The van der Waals surface area contributed by atoms with Crippen molar-refractivity contribution in [3.8, 4) is 5.75 Å². The maximum Gasteiger partial charge on any atom is 0.321 e. The second kappa shape index (κ2) is 8.49. The van der Waals surface area contributed by atoms with E-state index in [1.165, 1.54) is 38.5 Å². The zero-order chi connectivity index (χ0) is 17.5. The van der Waals surface area contributed by atoms with Gasteiger partial charge in [-0.1, -0.05) is 0 Å². The van der Waals surface area contributed by atoms with Crippen LogP contribution >= 0.6 is 0 Å². The van der Waals surface area contributed by atoms with Gasteiger partial charge in [0.15, 0.2) is 0 Å². The second-order valence-electron chi connectivity index (χ2n) is 4.42. The largest absolute Gasteiger partial charge is 0.497 e. The Labute approximate surface area is 135 Å². The summed E-state index contributed by atoms with van der Waals surface area (Å²) in [6.07, 6.45) is -0.178. The van der Waals surface area contributed by atoms with Crippen molar-refractivity contribution in [2.24, 2.45) is 0 Å². The highest BCUT2D eigenvalue weighted by atomic mass is 32.2. The predicted molar refractivity (Wildman–Crippen MR) is 80.4 cm³/mol. The van der Waals surface area contributed by atoms with Crippen molar-refractivity contribution in [2.45, 2.75) is 11.3 Å². The second-order valence-corrected chi connectivity index (χ2v) is 6.35. The van der Waals surface area contributed by atoms with Crippen molar-refractivity contribution in [3.63, 3.8) is 0 Å². The summed E-state index contributed by atoms with van der Waals surface area (Å²) in [6.45, 7) is -0.696. The highest BCUT2D eigenvalue weighted by Gasteiger charge is 2.27. The minimum atomic E-state index is -3.97. The van der Waals surface area contributed by atoms with E-state index in [9.17, 15) is 18.0 Å². The number of carbonyl (C=O) groups excluding carboxylic acids is 2. The number of hydrogen-bond acceptors (Lipinski definition) is 7. The number of hydrogen-bond donors (Lipinski definition) is 0. The zero-order valence-corrected chi connectivity index (χ0v) is 14.0. The molecule has 0 spiro atoms. The third-order valence-electron chi connectivity index (χ3n) is 3.02. The summed E-state index contributed by atoms with van der Waals surface area (Å²) in [7, 11) is -0.151. The van der Waals surface area contributed by atoms with E-state index in [-0.39, 0.29) is 17.9 Å². The van der Waals surface area contributed by atoms with Gasteiger partial charge < -0.3 is 14.2 Å². The molecule has 23 heavy (non-hydrogen) atoms. The van der Waals surface area contributed by atoms with Crippen LogP contribution in [0.2, 0.25) is 0 Å². The number of nitrogens with zero attached hydrogens (tertiary/aromatic N) is 1. The van der Waals surface area contributed by atoms with Crippen LogP contribution in [0.5, 0.6) is 5.75 Å². The normalized spacial score (nSPS) is 11.1. The summed E-state index contributed by atoms with van der Waals surface area (Å²) in [5, 5.41) is 0. The minimum Gasteiger partial charge on any atom is -0.497 e. The molecule has 0 saturated heterocycles. The molecule has 128 valence electrons. The van der Waals surface area contributed by atoms with Gasteiger partial charge in [-0.05, 0) is 24.3 Å². The van der Waals surface area contributed by atoms with E-state index in [0.29, 0.717) is 5.75 Å². The van der Waals surface area contributed by atoms with Crippen LogP contribution in [0.1, 0.15) is 6.42 Å². The van der Waals surface area contributed by atoms with Crippen LogP contribution in [0.25, 0.3) is 0 Å². The van der Waals surface area contributed by atoms with Gasteiger partial charge in [-0.3, -0.25) is 9.59 Å². The van der Waals surface area contributed by atoms with Crippen LogP contribution in [0.3, 0.4) is 0 Å². The van der Waals surface area contributed by atoms with Crippen LogP contribution < -0.4 is 4.74 Å². The molecule has 1 aromatic rings. The molecule has 0 fully saturated rings. The van der Waals surface area contributed by atoms with Crippen LogP contribution in [-0.4, -0.2) is 59.1 Å². The highest BCUT2D eigenvalue weighted by Crippen LogP contribution is 2.19. The molecule has 0 aliphatic heterocycles. The fraction of sp³-hybridized carbons (Fsp3) is 0.429. The van der Waals surface area contributed by atoms with E-state index in [1.807, 2.05) is 0 Å². The molecule has 8 nitrogen and oxygen atoms in total. The van der Waals surface area contributed by atoms with Gasteiger partial charge in [-0.2, -0.15) is 4.31 Å². The number of rotatable bonds is 8. The van der Waals surface area contributed by atoms with E-state index < -0.39 is 28.5 Å². The van der Waals surface area contributed by atoms with Crippen molar-refractivity contribution < 1.29 is 32.2 Å². The van der Waals surface area contributed by atoms with Crippen LogP contribution in [-0.2, 0) is 29.1 Å². The van der Waals surface area contributed by atoms with Crippen molar-refractivity contribution in [3.05, 3.63) is 24.3 Å². The molecule has 0 aliphatic rings. The molecular weight excluding hydrogens is 326 g/mol. The summed E-state index contributed by atoms with van der Waals surface area (Å²) in [6, 6.07) is 5.69. The van der Waals surface area contributed by atoms with Gasteiger partial charge in [0, 0.05) is 6.54 Å². The monoisotopic (exact) mass is 345 g/mol. The Morgan fingerprint density at radius 1 is 1.00 bits per heavy atom. The van der Waals surface area contributed by atoms with Crippen LogP contribution in [0, 0.1) is 0 Å². The molecule has 0 saturated carbocycles. The molecule has 0 unspecified atom stereocenters. The molecule has 0 heterocycles. The van der Waals surface area contributed by atoms with E-state index in [1.54, 1.807) is 0 Å². The van der Waals surface area contributed by atoms with E-state index >= 15 is 0 Å². The SMILES string of the molecule is COC(=O)CCN(CC(=O)OC)S(=O)(=O)c1ccc(OC)cc1. The minimum absolute atomic E-state index is 0.0212. The number of benzene rings is 1. The maximum atomic E-state index is 12.6. The zero-order valence-electron chi connectivity index (χ0n) is 13.1. The van der Waals surface area contributed by atoms with Gasteiger partial charge >= 0.3 is 11.9 Å².